The molecule has 33 heavy (non-hydrogen) atoms. The molecule has 10 heteroatoms. The van der Waals surface area contributed by atoms with E-state index in [1.807, 2.05) is 6.07 Å². The highest BCUT2D eigenvalue weighted by Gasteiger charge is 2.49. The minimum absolute atomic E-state index is 0.103. The number of carboxylic acids is 1. The van der Waals surface area contributed by atoms with Crippen LogP contribution in [0.5, 0.6) is 0 Å². The number of hydrogen-bond acceptors (Lipinski definition) is 8. The Morgan fingerprint density at radius 2 is 1.94 bits per heavy atom. The highest BCUT2D eigenvalue weighted by atomic mass is 32.2. The first-order valence-corrected chi connectivity index (χ1v) is 12.2. The Labute approximate surface area is 197 Å². The van der Waals surface area contributed by atoms with Gasteiger partial charge in [0, 0.05) is 22.6 Å². The maximum Gasteiger partial charge on any atom is 0.326 e. The number of nitrogens with one attached hydrogen (secondary N) is 1. The molecule has 3 rings (SSSR count). The first kappa shape index (κ1) is 25.2. The Morgan fingerprint density at radius 3 is 2.58 bits per heavy atom. The molecule has 1 aliphatic carbocycles. The Kier molecular flexibility index (Phi) is 8.85. The van der Waals surface area contributed by atoms with Gasteiger partial charge in [0.2, 0.25) is 5.91 Å². The molecule has 0 aromatic heterocycles. The monoisotopic (exact) mass is 477 g/mol. The fourth-order valence-electron chi connectivity index (χ4n) is 5.08. The standard InChI is InChI=1S/C23H31N3O6S/c1-3-32-23(30)19(20(33-25-31)15-9-5-4-6-10-15)24-14(2)21(27)26-17-12-8-7-11-16(17)13-18(26)22(28)29/h4-6,9-10,14,16-20,24H,3,7-8,11-13H2,1-2H3,(H,28,29)/t14-,16?,17?,18-,19?,20?/m0/s1. The predicted molar refractivity (Wildman–Crippen MR) is 124 cm³/mol. The molecule has 9 nitrogen and oxygen atoms in total. The number of benzene rings is 1. The van der Waals surface area contributed by atoms with Crippen LogP contribution in [0.1, 0.15) is 56.8 Å². The number of ether oxygens (including phenoxy) is 1. The summed E-state index contributed by atoms with van der Waals surface area (Å²) in [5.41, 5.74) is 0.684. The third-order valence-electron chi connectivity index (χ3n) is 6.56. The van der Waals surface area contributed by atoms with Crippen LogP contribution in [0.3, 0.4) is 0 Å². The van der Waals surface area contributed by atoms with E-state index in [1.165, 1.54) is 4.90 Å². The second kappa shape index (κ2) is 11.6. The van der Waals surface area contributed by atoms with Crippen LogP contribution in [-0.4, -0.2) is 58.6 Å². The zero-order valence-corrected chi connectivity index (χ0v) is 19.7. The summed E-state index contributed by atoms with van der Waals surface area (Å²) in [6.45, 7) is 3.43. The number of likely N-dealkylation sites (tertiary alicyclic amines) is 1. The Morgan fingerprint density at radius 1 is 1.24 bits per heavy atom. The topological polar surface area (TPSA) is 125 Å². The maximum atomic E-state index is 13.5. The van der Waals surface area contributed by atoms with Crippen LogP contribution in [0.15, 0.2) is 34.9 Å². The SMILES string of the molecule is CCOC(=O)C(N[C@@H](C)C(=O)N1C2CCCCC2C[C@H]1C(=O)O)C(SN=O)c1ccccc1. The Balaban J connectivity index is 1.85. The number of rotatable bonds is 10. The molecule has 0 bridgehead atoms. The average Bonchev–Trinajstić information content (AvgIpc) is 3.21. The van der Waals surface area contributed by atoms with Gasteiger partial charge in [-0.2, -0.15) is 0 Å². The second-order valence-corrected chi connectivity index (χ2v) is 9.44. The minimum atomic E-state index is -1.03. The van der Waals surface area contributed by atoms with Gasteiger partial charge in [-0.05, 0) is 44.6 Å². The number of hydrogen-bond donors (Lipinski definition) is 2. The van der Waals surface area contributed by atoms with Crippen LogP contribution < -0.4 is 5.32 Å². The van der Waals surface area contributed by atoms with Gasteiger partial charge < -0.3 is 14.7 Å². The van der Waals surface area contributed by atoms with E-state index in [4.69, 9.17) is 4.74 Å². The predicted octanol–water partition coefficient (Wildman–Crippen LogP) is 3.30. The molecular weight excluding hydrogens is 446 g/mol. The molecule has 1 aliphatic heterocycles. The molecule has 1 saturated heterocycles. The van der Waals surface area contributed by atoms with Crippen molar-refractivity contribution < 1.29 is 24.2 Å². The van der Waals surface area contributed by atoms with Gasteiger partial charge >= 0.3 is 11.9 Å². The summed E-state index contributed by atoms with van der Waals surface area (Å²) in [6, 6.07) is 6.08. The number of fused-ring (bicyclic) bond motifs is 1. The number of nitroso groups, excluding NO2 is 1. The van der Waals surface area contributed by atoms with Gasteiger partial charge in [0.25, 0.3) is 0 Å². The van der Waals surface area contributed by atoms with Gasteiger partial charge in [0.05, 0.1) is 17.9 Å². The smallest absolute Gasteiger partial charge is 0.326 e. The molecule has 1 aromatic carbocycles. The third kappa shape index (κ3) is 5.73. The molecular formula is C23H31N3O6S. The first-order chi connectivity index (χ1) is 15.9. The number of carbonyl (C=O) groups excluding carboxylic acids is 2. The lowest BCUT2D eigenvalue weighted by atomic mass is 9.84. The van der Waals surface area contributed by atoms with Crippen LogP contribution in [0.4, 0.5) is 0 Å². The maximum absolute atomic E-state index is 13.5. The van der Waals surface area contributed by atoms with Crippen molar-refractivity contribution in [3.05, 3.63) is 40.8 Å². The van der Waals surface area contributed by atoms with Crippen molar-refractivity contribution in [1.82, 2.24) is 10.2 Å². The van der Waals surface area contributed by atoms with Crippen molar-refractivity contribution >= 4 is 29.8 Å². The summed E-state index contributed by atoms with van der Waals surface area (Å²) in [7, 11) is 0. The number of carboxylic acid groups (broad SMARTS) is 1. The van der Waals surface area contributed by atoms with Gasteiger partial charge in [-0.1, -0.05) is 43.2 Å². The van der Waals surface area contributed by atoms with Gasteiger partial charge in [-0.3, -0.25) is 14.9 Å². The lowest BCUT2D eigenvalue weighted by Gasteiger charge is -2.36. The minimum Gasteiger partial charge on any atom is -0.480 e. The first-order valence-electron chi connectivity index (χ1n) is 11.4. The van der Waals surface area contributed by atoms with Crippen molar-refractivity contribution in [3.63, 3.8) is 0 Å². The molecule has 2 N–H and O–H groups in total. The summed E-state index contributed by atoms with van der Waals surface area (Å²) in [4.78, 5) is 51.0. The third-order valence-corrected chi connectivity index (χ3v) is 7.41. The largest absolute Gasteiger partial charge is 0.480 e. The normalized spacial score (nSPS) is 24.9. The van der Waals surface area contributed by atoms with E-state index < -0.39 is 35.3 Å². The summed E-state index contributed by atoms with van der Waals surface area (Å²) >= 11 is 0.688. The fourth-order valence-corrected chi connectivity index (χ4v) is 5.76. The van der Waals surface area contributed by atoms with E-state index in [0.717, 1.165) is 25.7 Å². The molecule has 1 aromatic rings. The van der Waals surface area contributed by atoms with Crippen molar-refractivity contribution in [2.75, 3.05) is 6.61 Å². The van der Waals surface area contributed by atoms with Crippen LogP contribution in [0.25, 0.3) is 0 Å². The van der Waals surface area contributed by atoms with Crippen molar-refractivity contribution in [3.8, 4) is 0 Å². The van der Waals surface area contributed by atoms with Gasteiger partial charge in [0.15, 0.2) is 0 Å². The number of amides is 1. The lowest BCUT2D eigenvalue weighted by Crippen LogP contribution is -2.56. The highest BCUT2D eigenvalue weighted by Crippen LogP contribution is 2.40. The number of aliphatic carboxylic acids is 1. The van der Waals surface area contributed by atoms with Crippen LogP contribution >= 0.6 is 11.9 Å². The molecule has 2 fully saturated rings. The summed E-state index contributed by atoms with van der Waals surface area (Å²) in [5, 5.41) is 12.1. The van der Waals surface area contributed by atoms with Gasteiger partial charge in [-0.25, -0.2) is 4.79 Å². The molecule has 4 unspecified atom stereocenters. The molecule has 0 radical (unpaired) electrons. The molecule has 1 saturated carbocycles. The van der Waals surface area contributed by atoms with Crippen LogP contribution in [-0.2, 0) is 19.1 Å². The quantitative estimate of drug-likeness (QED) is 0.299. The van der Waals surface area contributed by atoms with E-state index in [9.17, 15) is 24.4 Å². The summed E-state index contributed by atoms with van der Waals surface area (Å²) in [5.74, 6) is -1.78. The highest BCUT2D eigenvalue weighted by molar-refractivity contribution is 7.98. The Bertz CT molecular complexity index is 854. The number of nitrogens with zero attached hydrogens (tertiary/aromatic N) is 2. The van der Waals surface area contributed by atoms with E-state index in [0.29, 0.717) is 23.9 Å². The number of esters is 1. The average molecular weight is 478 g/mol. The Hall–Kier alpha value is -2.46. The van der Waals surface area contributed by atoms with E-state index >= 15 is 0 Å². The zero-order valence-electron chi connectivity index (χ0n) is 18.9. The van der Waals surface area contributed by atoms with E-state index in [2.05, 4.69) is 9.90 Å². The number of carbonyl (C=O) groups is 3. The second-order valence-electron chi connectivity index (χ2n) is 8.58. The zero-order chi connectivity index (χ0) is 24.0. The molecule has 1 amide bonds. The van der Waals surface area contributed by atoms with Gasteiger partial charge in [0.1, 0.15) is 12.1 Å². The van der Waals surface area contributed by atoms with Crippen molar-refractivity contribution in [2.24, 2.45) is 10.5 Å². The van der Waals surface area contributed by atoms with Crippen LogP contribution in [0.2, 0.25) is 0 Å². The van der Waals surface area contributed by atoms with Gasteiger partial charge in [-0.15, -0.1) is 4.91 Å². The van der Waals surface area contributed by atoms with Crippen molar-refractivity contribution in [2.45, 2.75) is 75.4 Å². The molecule has 6 atom stereocenters. The van der Waals surface area contributed by atoms with Crippen LogP contribution in [0, 0.1) is 10.8 Å². The molecule has 180 valence electrons. The van der Waals surface area contributed by atoms with Crippen molar-refractivity contribution in [1.29, 1.82) is 0 Å². The van der Waals surface area contributed by atoms with E-state index in [-0.39, 0.29) is 24.5 Å². The van der Waals surface area contributed by atoms with E-state index in [1.54, 1.807) is 38.1 Å². The molecule has 1 heterocycles. The lowest BCUT2D eigenvalue weighted by molar-refractivity contribution is -0.152. The fraction of sp³-hybridized carbons (Fsp3) is 0.609. The molecule has 0 spiro atoms. The molecule has 2 aliphatic rings. The summed E-state index contributed by atoms with van der Waals surface area (Å²) in [6.07, 6.45) is 4.16. The summed E-state index contributed by atoms with van der Waals surface area (Å²) < 4.78 is 8.17.